The normalized spacial score (nSPS) is 12.2. The fraction of sp³-hybridized carbons (Fsp3) is 0.222. The van der Waals surface area contributed by atoms with Crippen molar-refractivity contribution in [1.82, 2.24) is 0 Å². The highest BCUT2D eigenvalue weighted by molar-refractivity contribution is 5.77. The average Bonchev–Trinajstić information content (AvgIpc) is 2.20. The predicted octanol–water partition coefficient (Wildman–Crippen LogP) is 2.04. The number of alkyl halides is 2. The van der Waals surface area contributed by atoms with E-state index >= 15 is 0 Å². The van der Waals surface area contributed by atoms with E-state index in [9.17, 15) is 18.0 Å². The molecule has 0 amide bonds. The Labute approximate surface area is 78.3 Å². The summed E-state index contributed by atoms with van der Waals surface area (Å²) in [6, 6.07) is 4.40. The molecule has 2 nitrogen and oxygen atoms in total. The van der Waals surface area contributed by atoms with Gasteiger partial charge in [0.2, 0.25) is 6.17 Å². The second-order valence-electron chi connectivity index (χ2n) is 2.50. The van der Waals surface area contributed by atoms with E-state index in [0.717, 1.165) is 24.3 Å². The van der Waals surface area contributed by atoms with Gasteiger partial charge >= 0.3 is 5.97 Å². The predicted molar refractivity (Wildman–Crippen MR) is 42.9 cm³/mol. The van der Waals surface area contributed by atoms with Crippen LogP contribution in [0.15, 0.2) is 24.3 Å². The first kappa shape index (κ1) is 10.6. The number of rotatable bonds is 3. The molecule has 0 fully saturated rings. The number of esters is 1. The lowest BCUT2D eigenvalue weighted by Crippen LogP contribution is -2.23. The van der Waals surface area contributed by atoms with Gasteiger partial charge in [0.1, 0.15) is 18.2 Å². The van der Waals surface area contributed by atoms with E-state index in [2.05, 4.69) is 4.74 Å². The van der Waals surface area contributed by atoms with Crippen LogP contribution in [0, 0.1) is 5.82 Å². The van der Waals surface area contributed by atoms with E-state index in [1.54, 1.807) is 0 Å². The van der Waals surface area contributed by atoms with Gasteiger partial charge in [-0.15, -0.1) is 0 Å². The molecule has 1 atom stereocenters. The summed E-state index contributed by atoms with van der Waals surface area (Å²) >= 11 is 0. The summed E-state index contributed by atoms with van der Waals surface area (Å²) in [7, 11) is 0. The minimum Gasteiger partial charge on any atom is -0.424 e. The highest BCUT2D eigenvalue weighted by Gasteiger charge is 2.19. The minimum atomic E-state index is -2.29. The lowest BCUT2D eigenvalue weighted by atomic mass is 10.3. The molecule has 0 bridgehead atoms. The summed E-state index contributed by atoms with van der Waals surface area (Å²) in [6.45, 7) is -1.43. The monoisotopic (exact) mass is 204 g/mol. The van der Waals surface area contributed by atoms with Crippen LogP contribution in [-0.4, -0.2) is 18.8 Å². The van der Waals surface area contributed by atoms with Crippen LogP contribution in [0.1, 0.15) is 0 Å². The lowest BCUT2D eigenvalue weighted by molar-refractivity contribution is -0.140. The molecular formula is C9H7F3O2. The molecule has 0 aliphatic heterocycles. The number of benzene rings is 1. The Morgan fingerprint density at radius 2 is 1.93 bits per heavy atom. The van der Waals surface area contributed by atoms with E-state index in [1.807, 2.05) is 0 Å². The van der Waals surface area contributed by atoms with Crippen molar-refractivity contribution in [3.63, 3.8) is 0 Å². The van der Waals surface area contributed by atoms with Gasteiger partial charge in [0.15, 0.2) is 0 Å². The molecule has 1 aromatic carbocycles. The standard InChI is InChI=1S/C9H7F3O2/c10-5-8(12)9(13)14-7-3-1-6(11)2-4-7/h1-4,8H,5H2. The zero-order chi connectivity index (χ0) is 10.6. The summed E-state index contributed by atoms with van der Waals surface area (Å²) in [4.78, 5) is 10.7. The highest BCUT2D eigenvalue weighted by Crippen LogP contribution is 2.12. The van der Waals surface area contributed by atoms with Crippen molar-refractivity contribution in [2.24, 2.45) is 0 Å². The Morgan fingerprint density at radius 1 is 1.36 bits per heavy atom. The van der Waals surface area contributed by atoms with Crippen molar-refractivity contribution in [2.75, 3.05) is 6.67 Å². The Bertz CT molecular complexity index is 310. The molecule has 0 aromatic heterocycles. The van der Waals surface area contributed by atoms with Gasteiger partial charge < -0.3 is 4.74 Å². The number of hydrogen-bond acceptors (Lipinski definition) is 2. The van der Waals surface area contributed by atoms with Gasteiger partial charge in [-0.05, 0) is 24.3 Å². The SMILES string of the molecule is O=C(Oc1ccc(F)cc1)C(F)CF. The topological polar surface area (TPSA) is 26.3 Å². The zero-order valence-corrected chi connectivity index (χ0v) is 7.04. The van der Waals surface area contributed by atoms with E-state index in [4.69, 9.17) is 0 Å². The minimum absolute atomic E-state index is 0.0208. The molecule has 14 heavy (non-hydrogen) atoms. The maximum Gasteiger partial charge on any atom is 0.348 e. The van der Waals surface area contributed by atoms with Crippen molar-refractivity contribution in [3.05, 3.63) is 30.1 Å². The number of carbonyl (C=O) groups is 1. The van der Waals surface area contributed by atoms with Crippen molar-refractivity contribution < 1.29 is 22.7 Å². The van der Waals surface area contributed by atoms with Crippen molar-refractivity contribution in [1.29, 1.82) is 0 Å². The van der Waals surface area contributed by atoms with Crippen molar-refractivity contribution in [3.8, 4) is 5.75 Å². The average molecular weight is 204 g/mol. The summed E-state index contributed by atoms with van der Waals surface area (Å²) in [5.41, 5.74) is 0. The van der Waals surface area contributed by atoms with E-state index in [0.29, 0.717) is 0 Å². The third kappa shape index (κ3) is 2.76. The van der Waals surface area contributed by atoms with E-state index in [-0.39, 0.29) is 5.75 Å². The molecule has 1 aromatic rings. The molecule has 1 rings (SSSR count). The molecule has 0 aliphatic rings. The fourth-order valence-electron chi connectivity index (χ4n) is 0.746. The van der Waals surface area contributed by atoms with Crippen LogP contribution in [0.25, 0.3) is 0 Å². The van der Waals surface area contributed by atoms with E-state index < -0.39 is 24.6 Å². The second-order valence-corrected chi connectivity index (χ2v) is 2.50. The van der Waals surface area contributed by atoms with Gasteiger partial charge in [-0.25, -0.2) is 18.0 Å². The van der Waals surface area contributed by atoms with Gasteiger partial charge in [0.05, 0.1) is 0 Å². The molecule has 0 heterocycles. The van der Waals surface area contributed by atoms with Crippen LogP contribution in [0.2, 0.25) is 0 Å². The van der Waals surface area contributed by atoms with Gasteiger partial charge in [0, 0.05) is 0 Å². The molecule has 0 spiro atoms. The molecular weight excluding hydrogens is 197 g/mol. The molecule has 5 heteroatoms. The zero-order valence-electron chi connectivity index (χ0n) is 7.04. The van der Waals surface area contributed by atoms with Crippen LogP contribution in [0.5, 0.6) is 5.75 Å². The van der Waals surface area contributed by atoms with Crippen LogP contribution >= 0.6 is 0 Å². The van der Waals surface area contributed by atoms with Crippen LogP contribution in [-0.2, 0) is 4.79 Å². The first-order valence-electron chi connectivity index (χ1n) is 3.81. The van der Waals surface area contributed by atoms with Gasteiger partial charge in [-0.3, -0.25) is 0 Å². The Morgan fingerprint density at radius 3 is 2.43 bits per heavy atom. The first-order valence-corrected chi connectivity index (χ1v) is 3.81. The molecule has 0 aliphatic carbocycles. The maximum absolute atomic E-state index is 12.4. The number of ether oxygens (including phenoxy) is 1. The number of carbonyl (C=O) groups excluding carboxylic acids is 1. The van der Waals surface area contributed by atoms with Gasteiger partial charge in [0.25, 0.3) is 0 Å². The molecule has 76 valence electrons. The van der Waals surface area contributed by atoms with E-state index in [1.165, 1.54) is 0 Å². The Balaban J connectivity index is 2.60. The van der Waals surface area contributed by atoms with Crippen molar-refractivity contribution >= 4 is 5.97 Å². The number of halogens is 3. The number of hydrogen-bond donors (Lipinski definition) is 0. The third-order valence-electron chi connectivity index (χ3n) is 1.42. The largest absolute Gasteiger partial charge is 0.424 e. The summed E-state index contributed by atoms with van der Waals surface area (Å²) in [5.74, 6) is -1.85. The lowest BCUT2D eigenvalue weighted by Gasteiger charge is -2.04. The smallest absolute Gasteiger partial charge is 0.348 e. The van der Waals surface area contributed by atoms with Crippen molar-refractivity contribution in [2.45, 2.75) is 6.17 Å². The fourth-order valence-corrected chi connectivity index (χ4v) is 0.746. The molecule has 0 saturated carbocycles. The van der Waals surface area contributed by atoms with Gasteiger partial charge in [-0.2, -0.15) is 0 Å². The van der Waals surface area contributed by atoms with Crippen LogP contribution in [0.3, 0.4) is 0 Å². The molecule has 1 unspecified atom stereocenters. The van der Waals surface area contributed by atoms with Gasteiger partial charge in [-0.1, -0.05) is 0 Å². The second kappa shape index (κ2) is 4.64. The quantitative estimate of drug-likeness (QED) is 0.556. The Hall–Kier alpha value is -1.52. The first-order chi connectivity index (χ1) is 6.63. The molecule has 0 saturated heterocycles. The summed E-state index contributed by atoms with van der Waals surface area (Å²) in [6.07, 6.45) is -2.29. The summed E-state index contributed by atoms with van der Waals surface area (Å²) in [5, 5.41) is 0. The van der Waals surface area contributed by atoms with Crippen LogP contribution < -0.4 is 4.74 Å². The molecule has 0 radical (unpaired) electrons. The molecule has 0 N–H and O–H groups in total. The summed E-state index contributed by atoms with van der Waals surface area (Å²) < 4.78 is 40.8. The highest BCUT2D eigenvalue weighted by atomic mass is 19.2. The maximum atomic E-state index is 12.4. The Kier molecular flexibility index (Phi) is 3.50. The van der Waals surface area contributed by atoms with Crippen LogP contribution in [0.4, 0.5) is 13.2 Å². The third-order valence-corrected chi connectivity index (χ3v) is 1.42.